The Balaban J connectivity index is 1.36. The van der Waals surface area contributed by atoms with Crippen LogP contribution in [-0.2, 0) is 38.8 Å². The number of aliphatic hydroxyl groups excluding tert-OH is 1. The van der Waals surface area contributed by atoms with Gasteiger partial charge in [-0.1, -0.05) is 91.0 Å². The summed E-state index contributed by atoms with van der Waals surface area (Å²) in [5.41, 5.74) is 3.14. The molecule has 0 bridgehead atoms. The van der Waals surface area contributed by atoms with Crippen LogP contribution in [0.15, 0.2) is 91.0 Å². The highest BCUT2D eigenvalue weighted by Gasteiger charge is 2.45. The normalized spacial score (nSPS) is 23.1. The molecule has 0 unspecified atom stereocenters. The minimum absolute atomic E-state index is 0.302. The third kappa shape index (κ3) is 6.23. The summed E-state index contributed by atoms with van der Waals surface area (Å²) in [5.74, 6) is 0. The molecule has 5 nitrogen and oxygen atoms in total. The lowest BCUT2D eigenvalue weighted by Crippen LogP contribution is -2.37. The van der Waals surface area contributed by atoms with Gasteiger partial charge in [-0.2, -0.15) is 0 Å². The summed E-state index contributed by atoms with van der Waals surface area (Å²) in [6.45, 7) is 1.51. The van der Waals surface area contributed by atoms with Gasteiger partial charge in [-0.25, -0.2) is 0 Å². The fraction of sp³-hybridized carbons (Fsp3) is 0.308. The van der Waals surface area contributed by atoms with E-state index in [2.05, 4.69) is 0 Å². The molecule has 1 aliphatic rings. The maximum absolute atomic E-state index is 10.9. The third-order valence-electron chi connectivity index (χ3n) is 5.23. The van der Waals surface area contributed by atoms with E-state index in [0.717, 1.165) is 16.7 Å². The highest BCUT2D eigenvalue weighted by atomic mass is 16.7. The summed E-state index contributed by atoms with van der Waals surface area (Å²) < 4.78 is 23.8. The van der Waals surface area contributed by atoms with Crippen molar-refractivity contribution < 1.29 is 24.1 Å². The fourth-order valence-corrected chi connectivity index (χ4v) is 3.57. The minimum Gasteiger partial charge on any atom is -0.385 e. The van der Waals surface area contributed by atoms with Crippen LogP contribution in [0.2, 0.25) is 0 Å². The Bertz CT molecular complexity index is 887. The maximum atomic E-state index is 10.9. The highest BCUT2D eigenvalue weighted by molar-refractivity contribution is 5.15. The van der Waals surface area contributed by atoms with Crippen molar-refractivity contribution in [3.63, 3.8) is 0 Å². The number of aliphatic hydroxyl groups is 1. The first kappa shape index (κ1) is 21.7. The molecule has 1 heterocycles. The van der Waals surface area contributed by atoms with Crippen molar-refractivity contribution in [3.8, 4) is 0 Å². The summed E-state index contributed by atoms with van der Waals surface area (Å²) in [5, 5.41) is 10.9. The van der Waals surface area contributed by atoms with Crippen molar-refractivity contribution in [2.24, 2.45) is 0 Å². The maximum Gasteiger partial charge on any atom is 0.187 e. The molecule has 31 heavy (non-hydrogen) atoms. The average Bonchev–Trinajstić information content (AvgIpc) is 3.12. The third-order valence-corrected chi connectivity index (χ3v) is 5.23. The molecule has 5 heteroatoms. The second kappa shape index (κ2) is 11.2. The zero-order valence-corrected chi connectivity index (χ0v) is 17.4. The van der Waals surface area contributed by atoms with Crippen LogP contribution in [-0.4, -0.2) is 36.3 Å². The number of benzene rings is 3. The topological polar surface area (TPSA) is 57.2 Å². The van der Waals surface area contributed by atoms with Crippen molar-refractivity contribution in [3.05, 3.63) is 108 Å². The van der Waals surface area contributed by atoms with Crippen LogP contribution >= 0.6 is 0 Å². The first-order valence-electron chi connectivity index (χ1n) is 10.6. The molecule has 1 saturated heterocycles. The molecule has 1 fully saturated rings. The molecule has 0 saturated carbocycles. The minimum atomic E-state index is -0.905. The predicted molar refractivity (Wildman–Crippen MR) is 117 cm³/mol. The predicted octanol–water partition coefficient (Wildman–Crippen LogP) is 4.09. The van der Waals surface area contributed by atoms with Gasteiger partial charge in [-0.15, -0.1) is 0 Å². The van der Waals surface area contributed by atoms with Crippen molar-refractivity contribution in [2.75, 3.05) is 6.61 Å². The first-order chi connectivity index (χ1) is 15.3. The van der Waals surface area contributed by atoms with Crippen LogP contribution in [0.4, 0.5) is 0 Å². The molecule has 0 aliphatic carbocycles. The summed E-state index contributed by atoms with van der Waals surface area (Å²) >= 11 is 0. The van der Waals surface area contributed by atoms with Gasteiger partial charge in [0.25, 0.3) is 0 Å². The summed E-state index contributed by atoms with van der Waals surface area (Å²) in [6, 6.07) is 29.7. The lowest BCUT2D eigenvalue weighted by atomic mass is 10.1. The van der Waals surface area contributed by atoms with Gasteiger partial charge in [0.05, 0.1) is 26.4 Å². The van der Waals surface area contributed by atoms with Crippen molar-refractivity contribution in [1.29, 1.82) is 0 Å². The summed E-state index contributed by atoms with van der Waals surface area (Å²) in [4.78, 5) is 0. The molecule has 1 N–H and O–H groups in total. The van der Waals surface area contributed by atoms with E-state index in [1.165, 1.54) is 0 Å². The molecule has 4 rings (SSSR count). The molecule has 3 aromatic rings. The second-order valence-corrected chi connectivity index (χ2v) is 7.59. The standard InChI is InChI=1S/C26H28O5/c27-24-25(29-17-21-12-6-2-7-13-21)23(19-28-16-20-10-4-1-5-11-20)31-26(24)30-18-22-14-8-3-9-15-22/h1-15,23-27H,16-19H2/t23-,24-,25-,26-/m1/s1. The molecule has 1 aliphatic heterocycles. The number of rotatable bonds is 10. The van der Waals surface area contributed by atoms with Crippen LogP contribution in [0.25, 0.3) is 0 Å². The van der Waals surface area contributed by atoms with Gasteiger partial charge in [0.2, 0.25) is 0 Å². The molecule has 0 amide bonds. The Morgan fingerprint density at radius 1 is 0.645 bits per heavy atom. The zero-order chi connectivity index (χ0) is 21.3. The lowest BCUT2D eigenvalue weighted by molar-refractivity contribution is -0.178. The van der Waals surface area contributed by atoms with Gasteiger partial charge in [0.1, 0.15) is 18.3 Å². The lowest BCUT2D eigenvalue weighted by Gasteiger charge is -2.21. The van der Waals surface area contributed by atoms with Crippen molar-refractivity contribution in [2.45, 2.75) is 44.4 Å². The largest absolute Gasteiger partial charge is 0.385 e. The van der Waals surface area contributed by atoms with E-state index in [-0.39, 0.29) is 0 Å². The average molecular weight is 421 g/mol. The molecule has 4 atom stereocenters. The van der Waals surface area contributed by atoms with Gasteiger partial charge in [-0.05, 0) is 16.7 Å². The van der Waals surface area contributed by atoms with E-state index in [4.69, 9.17) is 18.9 Å². The van der Waals surface area contributed by atoms with Gasteiger partial charge < -0.3 is 24.1 Å². The monoisotopic (exact) mass is 420 g/mol. The number of hydrogen-bond donors (Lipinski definition) is 1. The van der Waals surface area contributed by atoms with Gasteiger partial charge in [0, 0.05) is 0 Å². The fourth-order valence-electron chi connectivity index (χ4n) is 3.57. The van der Waals surface area contributed by atoms with E-state index in [1.807, 2.05) is 91.0 Å². The Labute approximate surface area is 183 Å². The van der Waals surface area contributed by atoms with Crippen LogP contribution < -0.4 is 0 Å². The highest BCUT2D eigenvalue weighted by Crippen LogP contribution is 2.27. The first-order valence-corrected chi connectivity index (χ1v) is 10.6. The van der Waals surface area contributed by atoms with Crippen LogP contribution in [0.1, 0.15) is 16.7 Å². The van der Waals surface area contributed by atoms with Crippen LogP contribution in [0.5, 0.6) is 0 Å². The van der Waals surface area contributed by atoms with E-state index < -0.39 is 24.6 Å². The second-order valence-electron chi connectivity index (χ2n) is 7.59. The van der Waals surface area contributed by atoms with E-state index in [9.17, 15) is 5.11 Å². The molecule has 0 spiro atoms. The number of hydrogen-bond acceptors (Lipinski definition) is 5. The Morgan fingerprint density at radius 2 is 1.13 bits per heavy atom. The molecular formula is C26H28O5. The number of ether oxygens (including phenoxy) is 4. The SMILES string of the molecule is O[C@H]1[C@H](OCc2ccccc2)O[C@H](COCc2ccccc2)[C@H]1OCc1ccccc1. The molecule has 0 aromatic heterocycles. The van der Waals surface area contributed by atoms with Gasteiger partial charge in [-0.3, -0.25) is 0 Å². The van der Waals surface area contributed by atoms with Crippen LogP contribution in [0.3, 0.4) is 0 Å². The van der Waals surface area contributed by atoms with Crippen molar-refractivity contribution >= 4 is 0 Å². The molecule has 3 aromatic carbocycles. The Kier molecular flexibility index (Phi) is 7.82. The van der Waals surface area contributed by atoms with E-state index >= 15 is 0 Å². The Morgan fingerprint density at radius 3 is 1.68 bits per heavy atom. The summed E-state index contributed by atoms with van der Waals surface area (Å²) in [7, 11) is 0. The smallest absolute Gasteiger partial charge is 0.187 e. The van der Waals surface area contributed by atoms with Gasteiger partial charge in [0.15, 0.2) is 6.29 Å². The molecular weight excluding hydrogens is 392 g/mol. The van der Waals surface area contributed by atoms with Gasteiger partial charge >= 0.3 is 0 Å². The van der Waals surface area contributed by atoms with Crippen molar-refractivity contribution in [1.82, 2.24) is 0 Å². The quantitative estimate of drug-likeness (QED) is 0.535. The summed E-state index contributed by atoms with van der Waals surface area (Å²) in [6.07, 6.45) is -2.65. The van der Waals surface area contributed by atoms with E-state index in [0.29, 0.717) is 26.4 Å². The Hall–Kier alpha value is -2.54. The van der Waals surface area contributed by atoms with Crippen LogP contribution in [0, 0.1) is 0 Å². The van der Waals surface area contributed by atoms with E-state index in [1.54, 1.807) is 0 Å². The zero-order valence-electron chi connectivity index (χ0n) is 17.4. The molecule has 162 valence electrons. The molecule has 0 radical (unpaired) electrons.